The minimum Gasteiger partial charge on any atom is -0.381 e. The number of nitrogens with one attached hydrogen (secondary N) is 1. The molecule has 1 aromatic carbocycles. The summed E-state index contributed by atoms with van der Waals surface area (Å²) >= 11 is 0. The first-order valence-corrected chi connectivity index (χ1v) is 6.54. The fraction of sp³-hybridized carbons (Fsp3) is 0.333. The highest BCUT2D eigenvalue weighted by Crippen LogP contribution is 2.15. The van der Waals surface area contributed by atoms with Gasteiger partial charge < -0.3 is 11.1 Å². The summed E-state index contributed by atoms with van der Waals surface area (Å²) in [6.07, 6.45) is 3.89. The van der Waals surface area contributed by atoms with Gasteiger partial charge in [0.25, 0.3) is 0 Å². The van der Waals surface area contributed by atoms with Crippen LogP contribution in [0, 0.1) is 0 Å². The summed E-state index contributed by atoms with van der Waals surface area (Å²) in [6.45, 7) is 7.02. The second kappa shape index (κ2) is 5.36. The Kier molecular flexibility index (Phi) is 3.79. The van der Waals surface area contributed by atoms with E-state index in [4.69, 9.17) is 5.73 Å². The molecule has 0 spiro atoms. The number of carbonyl (C=O) groups is 1. The standard InChI is InChI=1S/C15H20N4O/c1-15(2,3)19-10-11(9-18-19)8-17-13-6-4-12(5-7-13)14(16)20/h4-7,9-10,17H,8H2,1-3H3,(H2,16,20). The molecule has 1 heterocycles. The third-order valence-corrected chi connectivity index (χ3v) is 2.99. The van der Waals surface area contributed by atoms with Gasteiger partial charge in [-0.2, -0.15) is 5.10 Å². The average molecular weight is 272 g/mol. The van der Waals surface area contributed by atoms with E-state index >= 15 is 0 Å². The van der Waals surface area contributed by atoms with E-state index in [1.54, 1.807) is 12.1 Å². The van der Waals surface area contributed by atoms with E-state index in [-0.39, 0.29) is 5.54 Å². The lowest BCUT2D eigenvalue weighted by Gasteiger charge is -2.18. The molecule has 1 amide bonds. The van der Waals surface area contributed by atoms with Crippen LogP contribution in [0.5, 0.6) is 0 Å². The summed E-state index contributed by atoms with van der Waals surface area (Å²) in [5.74, 6) is -0.414. The minimum atomic E-state index is -0.414. The first-order chi connectivity index (χ1) is 9.36. The number of hydrogen-bond acceptors (Lipinski definition) is 3. The number of nitrogens with two attached hydrogens (primary N) is 1. The molecule has 2 rings (SSSR count). The lowest BCUT2D eigenvalue weighted by molar-refractivity contribution is 0.100. The predicted octanol–water partition coefficient (Wildman–Crippen LogP) is 2.35. The zero-order valence-corrected chi connectivity index (χ0v) is 12.1. The smallest absolute Gasteiger partial charge is 0.248 e. The van der Waals surface area contributed by atoms with Gasteiger partial charge in [0.15, 0.2) is 0 Å². The Hall–Kier alpha value is -2.30. The summed E-state index contributed by atoms with van der Waals surface area (Å²) in [6, 6.07) is 7.11. The van der Waals surface area contributed by atoms with Gasteiger partial charge in [-0.25, -0.2) is 0 Å². The molecule has 0 fully saturated rings. The molecular weight excluding hydrogens is 252 g/mol. The van der Waals surface area contributed by atoms with Gasteiger partial charge in [-0.15, -0.1) is 0 Å². The monoisotopic (exact) mass is 272 g/mol. The van der Waals surface area contributed by atoms with Gasteiger partial charge in [0, 0.05) is 29.6 Å². The van der Waals surface area contributed by atoms with E-state index in [2.05, 4.69) is 31.2 Å². The number of benzene rings is 1. The van der Waals surface area contributed by atoms with Crippen LogP contribution in [0.1, 0.15) is 36.7 Å². The molecule has 0 bridgehead atoms. The molecular formula is C15H20N4O. The second-order valence-corrected chi connectivity index (χ2v) is 5.76. The van der Waals surface area contributed by atoms with E-state index < -0.39 is 5.91 Å². The van der Waals surface area contributed by atoms with Gasteiger partial charge in [-0.1, -0.05) is 0 Å². The average Bonchev–Trinajstić information content (AvgIpc) is 2.85. The van der Waals surface area contributed by atoms with Crippen molar-refractivity contribution in [2.45, 2.75) is 32.9 Å². The van der Waals surface area contributed by atoms with Gasteiger partial charge >= 0.3 is 0 Å². The molecule has 0 atom stereocenters. The number of carbonyl (C=O) groups excluding carboxylic acids is 1. The van der Waals surface area contributed by atoms with Crippen LogP contribution in [0.2, 0.25) is 0 Å². The topological polar surface area (TPSA) is 72.9 Å². The third kappa shape index (κ3) is 3.38. The minimum absolute atomic E-state index is 0.0125. The van der Waals surface area contributed by atoms with Gasteiger partial charge in [0.1, 0.15) is 0 Å². The fourth-order valence-electron chi connectivity index (χ4n) is 1.77. The highest BCUT2D eigenvalue weighted by atomic mass is 16.1. The van der Waals surface area contributed by atoms with E-state index in [9.17, 15) is 4.79 Å². The number of hydrogen-bond donors (Lipinski definition) is 2. The second-order valence-electron chi connectivity index (χ2n) is 5.76. The molecule has 2 aromatic rings. The van der Waals surface area contributed by atoms with Crippen LogP contribution in [0.15, 0.2) is 36.7 Å². The Morgan fingerprint density at radius 3 is 2.45 bits per heavy atom. The maximum absolute atomic E-state index is 11.0. The zero-order chi connectivity index (χ0) is 14.8. The van der Waals surface area contributed by atoms with Crippen LogP contribution < -0.4 is 11.1 Å². The largest absolute Gasteiger partial charge is 0.381 e. The number of anilines is 1. The van der Waals surface area contributed by atoms with Crippen molar-refractivity contribution >= 4 is 11.6 Å². The van der Waals surface area contributed by atoms with E-state index in [0.717, 1.165) is 11.3 Å². The SMILES string of the molecule is CC(C)(C)n1cc(CNc2ccc(C(N)=O)cc2)cn1. The van der Waals surface area contributed by atoms with Crippen molar-refractivity contribution in [3.8, 4) is 0 Å². The Balaban J connectivity index is 1.98. The highest BCUT2D eigenvalue weighted by molar-refractivity contribution is 5.93. The first-order valence-electron chi connectivity index (χ1n) is 6.54. The van der Waals surface area contributed by atoms with Crippen molar-refractivity contribution in [1.82, 2.24) is 9.78 Å². The Bertz CT molecular complexity index is 593. The summed E-state index contributed by atoms with van der Waals surface area (Å²) in [5.41, 5.74) is 7.75. The summed E-state index contributed by atoms with van der Waals surface area (Å²) in [5, 5.41) is 7.64. The normalized spacial score (nSPS) is 11.3. The van der Waals surface area contributed by atoms with Crippen molar-refractivity contribution in [3.05, 3.63) is 47.8 Å². The van der Waals surface area contributed by atoms with Gasteiger partial charge in [0.05, 0.1) is 11.7 Å². The molecule has 0 saturated carbocycles. The molecule has 1 aromatic heterocycles. The van der Waals surface area contributed by atoms with Crippen LogP contribution >= 0.6 is 0 Å². The molecule has 5 heteroatoms. The van der Waals surface area contributed by atoms with Crippen LogP contribution in [0.4, 0.5) is 5.69 Å². The molecule has 0 aliphatic rings. The zero-order valence-electron chi connectivity index (χ0n) is 12.1. The number of nitrogens with zero attached hydrogens (tertiary/aromatic N) is 2. The molecule has 5 nitrogen and oxygen atoms in total. The van der Waals surface area contributed by atoms with Crippen LogP contribution in [-0.4, -0.2) is 15.7 Å². The highest BCUT2D eigenvalue weighted by Gasteiger charge is 2.13. The molecule has 0 radical (unpaired) electrons. The molecule has 0 aliphatic heterocycles. The summed E-state index contributed by atoms with van der Waals surface area (Å²) in [7, 11) is 0. The van der Waals surface area contributed by atoms with E-state index in [1.165, 1.54) is 0 Å². The quantitative estimate of drug-likeness (QED) is 0.897. The van der Waals surface area contributed by atoms with E-state index in [0.29, 0.717) is 12.1 Å². The molecule has 0 saturated heterocycles. The Morgan fingerprint density at radius 2 is 1.95 bits per heavy atom. The summed E-state index contributed by atoms with van der Waals surface area (Å²) in [4.78, 5) is 11.0. The molecule has 0 aliphatic carbocycles. The van der Waals surface area contributed by atoms with Crippen molar-refractivity contribution in [1.29, 1.82) is 0 Å². The van der Waals surface area contributed by atoms with E-state index in [1.807, 2.05) is 29.2 Å². The van der Waals surface area contributed by atoms with Gasteiger partial charge in [-0.05, 0) is 45.0 Å². The van der Waals surface area contributed by atoms with Crippen LogP contribution in [-0.2, 0) is 12.1 Å². The number of amides is 1. The third-order valence-electron chi connectivity index (χ3n) is 2.99. The molecule has 106 valence electrons. The van der Waals surface area contributed by atoms with Gasteiger partial charge in [-0.3, -0.25) is 9.48 Å². The first kappa shape index (κ1) is 14.1. The number of aromatic nitrogens is 2. The lowest BCUT2D eigenvalue weighted by Crippen LogP contribution is -2.21. The number of primary amides is 1. The summed E-state index contributed by atoms with van der Waals surface area (Å²) < 4.78 is 1.94. The van der Waals surface area contributed by atoms with Crippen LogP contribution in [0.25, 0.3) is 0 Å². The van der Waals surface area contributed by atoms with Gasteiger partial charge in [0.2, 0.25) is 5.91 Å². The molecule has 3 N–H and O–H groups in total. The Labute approximate surface area is 118 Å². The predicted molar refractivity (Wildman–Crippen MR) is 79.5 cm³/mol. The number of rotatable bonds is 4. The van der Waals surface area contributed by atoms with Crippen molar-refractivity contribution in [2.24, 2.45) is 5.73 Å². The van der Waals surface area contributed by atoms with Crippen LogP contribution in [0.3, 0.4) is 0 Å². The molecule has 20 heavy (non-hydrogen) atoms. The Morgan fingerprint density at radius 1 is 1.30 bits per heavy atom. The van der Waals surface area contributed by atoms with Crippen molar-refractivity contribution < 1.29 is 4.79 Å². The van der Waals surface area contributed by atoms with Crippen molar-refractivity contribution in [2.75, 3.05) is 5.32 Å². The van der Waals surface area contributed by atoms with Crippen molar-refractivity contribution in [3.63, 3.8) is 0 Å². The molecule has 0 unspecified atom stereocenters. The fourth-order valence-corrected chi connectivity index (χ4v) is 1.77. The maximum atomic E-state index is 11.0. The maximum Gasteiger partial charge on any atom is 0.248 e. The lowest BCUT2D eigenvalue weighted by atomic mass is 10.1.